The van der Waals surface area contributed by atoms with Crippen molar-refractivity contribution in [3.05, 3.63) is 89.7 Å². The first-order valence-electron chi connectivity index (χ1n) is 9.53. The van der Waals surface area contributed by atoms with Crippen LogP contribution in [0.25, 0.3) is 11.1 Å². The Balaban J connectivity index is 1.71. The number of hydroxylamine groups is 2. The number of halogens is 3. The first-order chi connectivity index (χ1) is 14.8. The molecule has 1 aliphatic rings. The van der Waals surface area contributed by atoms with Gasteiger partial charge in [0.2, 0.25) is 0 Å². The molecular formula is C23H17F3N2O3. The van der Waals surface area contributed by atoms with Crippen molar-refractivity contribution < 1.29 is 27.6 Å². The summed E-state index contributed by atoms with van der Waals surface area (Å²) in [6.07, 6.45) is -1.57. The number of fused-ring (bicyclic) bond motifs is 1. The molecule has 0 saturated carbocycles. The van der Waals surface area contributed by atoms with E-state index < -0.39 is 24.1 Å². The minimum atomic E-state index is -5.23. The number of hydrogen-bond acceptors (Lipinski definition) is 4. The SMILES string of the molecule is O=C(c1ccccc1-c1ccncc1)N(OC(=O)C(F)(F)F)C1Cc2ccccc2C1. The third-order valence-corrected chi connectivity index (χ3v) is 5.12. The van der Waals surface area contributed by atoms with Gasteiger partial charge in [0, 0.05) is 12.4 Å². The highest BCUT2D eigenvalue weighted by molar-refractivity contribution is 6.01. The molecule has 158 valence electrons. The zero-order valence-corrected chi connectivity index (χ0v) is 16.2. The van der Waals surface area contributed by atoms with Gasteiger partial charge >= 0.3 is 12.1 Å². The van der Waals surface area contributed by atoms with E-state index in [0.717, 1.165) is 11.1 Å². The summed E-state index contributed by atoms with van der Waals surface area (Å²) in [5, 5.41) is 0.579. The Labute approximate surface area is 176 Å². The van der Waals surface area contributed by atoms with Gasteiger partial charge < -0.3 is 4.84 Å². The number of hydrogen-bond donors (Lipinski definition) is 0. The van der Waals surface area contributed by atoms with Crippen LogP contribution in [0.5, 0.6) is 0 Å². The lowest BCUT2D eigenvalue weighted by Gasteiger charge is -2.28. The van der Waals surface area contributed by atoms with Crippen molar-refractivity contribution in [3.8, 4) is 11.1 Å². The predicted octanol–water partition coefficient (Wildman–Crippen LogP) is 4.38. The molecule has 3 aromatic rings. The summed E-state index contributed by atoms with van der Waals surface area (Å²) in [5.74, 6) is -3.25. The third kappa shape index (κ3) is 4.28. The fourth-order valence-corrected chi connectivity index (χ4v) is 3.70. The van der Waals surface area contributed by atoms with Gasteiger partial charge in [-0.15, -0.1) is 0 Å². The second kappa shape index (κ2) is 8.22. The van der Waals surface area contributed by atoms with Gasteiger partial charge in [-0.2, -0.15) is 18.2 Å². The lowest BCUT2D eigenvalue weighted by molar-refractivity contribution is -0.233. The van der Waals surface area contributed by atoms with E-state index in [0.29, 0.717) is 16.2 Å². The zero-order chi connectivity index (χ0) is 22.0. The van der Waals surface area contributed by atoms with E-state index in [1.807, 2.05) is 24.3 Å². The lowest BCUT2D eigenvalue weighted by atomic mass is 9.99. The van der Waals surface area contributed by atoms with Gasteiger partial charge in [0.05, 0.1) is 11.6 Å². The minimum absolute atomic E-state index is 0.125. The average molecular weight is 426 g/mol. The number of rotatable bonds is 3. The van der Waals surface area contributed by atoms with E-state index in [-0.39, 0.29) is 18.4 Å². The van der Waals surface area contributed by atoms with Crippen LogP contribution in [0.1, 0.15) is 21.5 Å². The van der Waals surface area contributed by atoms with Crippen molar-refractivity contribution in [2.24, 2.45) is 0 Å². The molecule has 8 heteroatoms. The number of alkyl halides is 3. The van der Waals surface area contributed by atoms with Crippen LogP contribution in [-0.2, 0) is 22.5 Å². The highest BCUT2D eigenvalue weighted by atomic mass is 19.4. The smallest absolute Gasteiger partial charge is 0.329 e. The van der Waals surface area contributed by atoms with E-state index >= 15 is 0 Å². The van der Waals surface area contributed by atoms with E-state index in [1.165, 1.54) is 6.07 Å². The van der Waals surface area contributed by atoms with Crippen molar-refractivity contribution in [2.75, 3.05) is 0 Å². The Kier molecular flexibility index (Phi) is 5.46. The Morgan fingerprint density at radius 2 is 1.48 bits per heavy atom. The lowest BCUT2D eigenvalue weighted by Crippen LogP contribution is -2.45. The van der Waals surface area contributed by atoms with Crippen LogP contribution in [0, 0.1) is 0 Å². The van der Waals surface area contributed by atoms with E-state index in [1.54, 1.807) is 42.7 Å². The molecule has 31 heavy (non-hydrogen) atoms. The van der Waals surface area contributed by atoms with E-state index in [9.17, 15) is 22.8 Å². The second-order valence-electron chi connectivity index (χ2n) is 7.12. The van der Waals surface area contributed by atoms with Crippen molar-refractivity contribution >= 4 is 11.9 Å². The maximum absolute atomic E-state index is 13.4. The third-order valence-electron chi connectivity index (χ3n) is 5.12. The topological polar surface area (TPSA) is 59.5 Å². The van der Waals surface area contributed by atoms with E-state index in [2.05, 4.69) is 9.82 Å². The summed E-state index contributed by atoms with van der Waals surface area (Å²) in [7, 11) is 0. The van der Waals surface area contributed by atoms with Gasteiger partial charge in [0.25, 0.3) is 5.91 Å². The second-order valence-corrected chi connectivity index (χ2v) is 7.12. The largest absolute Gasteiger partial charge is 0.493 e. The van der Waals surface area contributed by atoms with Gasteiger partial charge in [-0.25, -0.2) is 4.79 Å². The molecule has 0 spiro atoms. The highest BCUT2D eigenvalue weighted by Gasteiger charge is 2.45. The maximum Gasteiger partial charge on any atom is 0.493 e. The first-order valence-corrected chi connectivity index (χ1v) is 9.53. The molecule has 0 saturated heterocycles. The molecule has 1 aliphatic carbocycles. The molecular weight excluding hydrogens is 409 g/mol. The summed E-state index contributed by atoms with van der Waals surface area (Å²) in [6, 6.07) is 16.4. The number of carbonyl (C=O) groups excluding carboxylic acids is 2. The quantitative estimate of drug-likeness (QED) is 0.584. The monoisotopic (exact) mass is 426 g/mol. The summed E-state index contributed by atoms with van der Waals surface area (Å²) in [5.41, 5.74) is 3.08. The Bertz CT molecular complexity index is 1090. The molecule has 0 fully saturated rings. The van der Waals surface area contributed by atoms with Crippen LogP contribution in [0.15, 0.2) is 73.1 Å². The first kappa shape index (κ1) is 20.6. The summed E-state index contributed by atoms with van der Waals surface area (Å²) in [4.78, 5) is 33.6. The van der Waals surface area contributed by atoms with Crippen molar-refractivity contribution in [1.82, 2.24) is 10.0 Å². The fourth-order valence-electron chi connectivity index (χ4n) is 3.70. The molecule has 1 aromatic heterocycles. The molecule has 5 nitrogen and oxygen atoms in total. The Morgan fingerprint density at radius 1 is 0.903 bits per heavy atom. The van der Waals surface area contributed by atoms with Crippen LogP contribution >= 0.6 is 0 Å². The molecule has 0 bridgehead atoms. The number of benzene rings is 2. The average Bonchev–Trinajstić information content (AvgIpc) is 3.20. The van der Waals surface area contributed by atoms with Crippen LogP contribution < -0.4 is 0 Å². The molecule has 2 aromatic carbocycles. The molecule has 0 unspecified atom stereocenters. The summed E-state index contributed by atoms with van der Waals surface area (Å²) < 4.78 is 38.9. The molecule has 0 N–H and O–H groups in total. The number of nitrogens with zero attached hydrogens (tertiary/aromatic N) is 2. The van der Waals surface area contributed by atoms with Crippen molar-refractivity contribution in [3.63, 3.8) is 0 Å². The van der Waals surface area contributed by atoms with Crippen molar-refractivity contribution in [2.45, 2.75) is 25.1 Å². The molecule has 1 heterocycles. The summed E-state index contributed by atoms with van der Waals surface area (Å²) >= 11 is 0. The van der Waals surface area contributed by atoms with Crippen LogP contribution in [-0.4, -0.2) is 34.1 Å². The Morgan fingerprint density at radius 3 is 2.10 bits per heavy atom. The molecule has 0 aliphatic heterocycles. The number of aromatic nitrogens is 1. The normalized spacial score (nSPS) is 13.5. The maximum atomic E-state index is 13.4. The standard InChI is InChI=1S/C23H17F3N2O3/c24-23(25,26)22(30)31-28(18-13-16-5-1-2-6-17(16)14-18)21(29)20-8-4-3-7-19(20)15-9-11-27-12-10-15/h1-12,18H,13-14H2. The van der Waals surface area contributed by atoms with Crippen LogP contribution in [0.4, 0.5) is 13.2 Å². The van der Waals surface area contributed by atoms with E-state index in [4.69, 9.17) is 0 Å². The Hall–Kier alpha value is -3.68. The minimum Gasteiger partial charge on any atom is -0.329 e. The number of amides is 1. The molecule has 0 radical (unpaired) electrons. The molecule has 1 amide bonds. The molecule has 0 atom stereocenters. The number of carbonyl (C=O) groups is 2. The van der Waals surface area contributed by atoms with Gasteiger partial charge in [0.1, 0.15) is 0 Å². The van der Waals surface area contributed by atoms with Crippen LogP contribution in [0.3, 0.4) is 0 Å². The fraction of sp³-hybridized carbons (Fsp3) is 0.174. The van der Waals surface area contributed by atoms with Crippen molar-refractivity contribution in [1.29, 1.82) is 0 Å². The highest BCUT2D eigenvalue weighted by Crippen LogP contribution is 2.31. The van der Waals surface area contributed by atoms with Gasteiger partial charge in [-0.1, -0.05) is 42.5 Å². The zero-order valence-electron chi connectivity index (χ0n) is 16.2. The van der Waals surface area contributed by atoms with Gasteiger partial charge in [-0.3, -0.25) is 9.78 Å². The van der Waals surface area contributed by atoms with Crippen LogP contribution in [0.2, 0.25) is 0 Å². The number of pyridine rings is 1. The van der Waals surface area contributed by atoms with Gasteiger partial charge in [-0.05, 0) is 53.3 Å². The summed E-state index contributed by atoms with van der Waals surface area (Å²) in [6.45, 7) is 0. The molecule has 4 rings (SSSR count). The predicted molar refractivity (Wildman–Crippen MR) is 106 cm³/mol. The van der Waals surface area contributed by atoms with Gasteiger partial charge in [0.15, 0.2) is 0 Å².